The second-order valence-electron chi connectivity index (χ2n) is 2.45. The minimum atomic E-state index is -0.986. The van der Waals surface area contributed by atoms with Gasteiger partial charge < -0.3 is 15.2 Å². The normalized spacial score (nSPS) is 25.6. The molecule has 64 valence electrons. The lowest BCUT2D eigenvalue weighted by Gasteiger charge is -2.11. The van der Waals surface area contributed by atoms with E-state index in [9.17, 15) is 4.79 Å². The van der Waals surface area contributed by atoms with E-state index in [1.807, 2.05) is 0 Å². The molecule has 5 heteroatoms. The maximum absolute atomic E-state index is 10.2. The van der Waals surface area contributed by atoms with E-state index in [1.165, 1.54) is 0 Å². The summed E-state index contributed by atoms with van der Waals surface area (Å²) < 4.78 is 5.07. The number of hydrogen-bond acceptors (Lipinski definition) is 3. The number of carboxylic acid groups (broad SMARTS) is 1. The van der Waals surface area contributed by atoms with Gasteiger partial charge in [-0.1, -0.05) is 0 Å². The van der Waals surface area contributed by atoms with Crippen molar-refractivity contribution in [3.05, 3.63) is 0 Å². The zero-order valence-electron chi connectivity index (χ0n) is 6.17. The molecule has 1 amide bonds. The Labute approximate surface area is 64.7 Å². The van der Waals surface area contributed by atoms with Gasteiger partial charge in [-0.15, -0.1) is 0 Å². The van der Waals surface area contributed by atoms with Gasteiger partial charge in [0.2, 0.25) is 0 Å². The molecule has 0 aromatic carbocycles. The molecular formula is C6H12N2O3. The lowest BCUT2D eigenvalue weighted by molar-refractivity contribution is 0.112. The molecule has 1 atom stereocenters. The molecule has 5 nitrogen and oxygen atoms in total. The molecule has 1 saturated heterocycles. The summed E-state index contributed by atoms with van der Waals surface area (Å²) in [6, 6.07) is -0.0671. The van der Waals surface area contributed by atoms with Gasteiger partial charge in [-0.05, 0) is 13.0 Å². The van der Waals surface area contributed by atoms with Crippen molar-refractivity contribution in [2.24, 2.45) is 0 Å². The minimum Gasteiger partial charge on any atom is -0.465 e. The molecule has 0 aromatic rings. The summed E-state index contributed by atoms with van der Waals surface area (Å²) in [6.07, 6.45) is -0.202. The molecule has 1 heterocycles. The Morgan fingerprint density at radius 3 is 3.27 bits per heavy atom. The predicted octanol–water partition coefficient (Wildman–Crippen LogP) is -0.410. The van der Waals surface area contributed by atoms with Crippen LogP contribution in [0.3, 0.4) is 0 Å². The fourth-order valence-electron chi connectivity index (χ4n) is 0.994. The first-order valence-electron chi connectivity index (χ1n) is 3.57. The molecule has 1 unspecified atom stereocenters. The Hall–Kier alpha value is -0.810. The molecule has 0 aromatic heterocycles. The average molecular weight is 160 g/mol. The second-order valence-corrected chi connectivity index (χ2v) is 2.45. The molecule has 0 saturated carbocycles. The fourth-order valence-corrected chi connectivity index (χ4v) is 0.994. The fraction of sp³-hybridized carbons (Fsp3) is 0.833. The van der Waals surface area contributed by atoms with Crippen molar-refractivity contribution in [3.63, 3.8) is 0 Å². The van der Waals surface area contributed by atoms with Gasteiger partial charge in [0, 0.05) is 0 Å². The average Bonchev–Trinajstić information content (AvgIpc) is 2.14. The van der Waals surface area contributed by atoms with E-state index >= 15 is 0 Å². The van der Waals surface area contributed by atoms with E-state index < -0.39 is 6.09 Å². The van der Waals surface area contributed by atoms with E-state index in [2.05, 4.69) is 10.6 Å². The smallest absolute Gasteiger partial charge is 0.404 e. The van der Waals surface area contributed by atoms with Crippen LogP contribution in [0.5, 0.6) is 0 Å². The Kier molecular flexibility index (Phi) is 3.13. The standard InChI is InChI=1S/C6H12N2O3/c9-6(10)8-5-1-2-7-4-11-3-5/h5,7-8H,1-4H2,(H,9,10). The molecule has 1 rings (SSSR count). The molecule has 0 radical (unpaired) electrons. The van der Waals surface area contributed by atoms with Crippen LogP contribution >= 0.6 is 0 Å². The maximum atomic E-state index is 10.2. The minimum absolute atomic E-state index is 0.0671. The zero-order valence-corrected chi connectivity index (χ0v) is 6.17. The monoisotopic (exact) mass is 160 g/mol. The van der Waals surface area contributed by atoms with Crippen LogP contribution in [0.1, 0.15) is 6.42 Å². The van der Waals surface area contributed by atoms with Crippen LogP contribution < -0.4 is 10.6 Å². The first-order valence-corrected chi connectivity index (χ1v) is 3.57. The van der Waals surface area contributed by atoms with Gasteiger partial charge in [-0.2, -0.15) is 0 Å². The van der Waals surface area contributed by atoms with Gasteiger partial charge in [0.05, 0.1) is 19.4 Å². The van der Waals surface area contributed by atoms with Crippen molar-refractivity contribution in [2.75, 3.05) is 19.9 Å². The molecule has 1 aliphatic rings. The number of carbonyl (C=O) groups is 1. The van der Waals surface area contributed by atoms with Crippen LogP contribution in [0, 0.1) is 0 Å². The third kappa shape index (κ3) is 3.20. The number of hydrogen-bond donors (Lipinski definition) is 3. The number of rotatable bonds is 1. The van der Waals surface area contributed by atoms with Gasteiger partial charge >= 0.3 is 6.09 Å². The summed E-state index contributed by atoms with van der Waals surface area (Å²) >= 11 is 0. The van der Waals surface area contributed by atoms with Crippen LogP contribution in [0.4, 0.5) is 4.79 Å². The van der Waals surface area contributed by atoms with E-state index in [4.69, 9.17) is 9.84 Å². The first-order chi connectivity index (χ1) is 5.29. The van der Waals surface area contributed by atoms with Gasteiger partial charge in [0.15, 0.2) is 0 Å². The van der Waals surface area contributed by atoms with Crippen LogP contribution in [-0.4, -0.2) is 37.1 Å². The molecule has 1 aliphatic heterocycles. The second kappa shape index (κ2) is 4.15. The van der Waals surface area contributed by atoms with Crippen LogP contribution in [-0.2, 0) is 4.74 Å². The SMILES string of the molecule is O=C(O)NC1CCNCOC1. The van der Waals surface area contributed by atoms with E-state index in [0.29, 0.717) is 13.3 Å². The van der Waals surface area contributed by atoms with Gasteiger partial charge in [-0.3, -0.25) is 5.32 Å². The van der Waals surface area contributed by atoms with Crippen LogP contribution in [0.2, 0.25) is 0 Å². The highest BCUT2D eigenvalue weighted by molar-refractivity contribution is 5.64. The van der Waals surface area contributed by atoms with Crippen molar-refractivity contribution >= 4 is 6.09 Å². The Balaban J connectivity index is 2.25. The van der Waals surface area contributed by atoms with E-state index in [0.717, 1.165) is 13.0 Å². The predicted molar refractivity (Wildman–Crippen MR) is 38.4 cm³/mol. The third-order valence-electron chi connectivity index (χ3n) is 1.52. The van der Waals surface area contributed by atoms with Crippen molar-refractivity contribution in [3.8, 4) is 0 Å². The summed E-state index contributed by atoms with van der Waals surface area (Å²) in [4.78, 5) is 10.2. The number of amides is 1. The summed E-state index contributed by atoms with van der Waals surface area (Å²) in [5, 5.41) is 13.7. The molecule has 0 bridgehead atoms. The van der Waals surface area contributed by atoms with Crippen LogP contribution in [0.15, 0.2) is 0 Å². The van der Waals surface area contributed by atoms with E-state index in [1.54, 1.807) is 0 Å². The number of ether oxygens (including phenoxy) is 1. The van der Waals surface area contributed by atoms with Gasteiger partial charge in [0.25, 0.3) is 0 Å². The number of nitrogens with one attached hydrogen (secondary N) is 2. The highest BCUT2D eigenvalue weighted by atomic mass is 16.5. The zero-order chi connectivity index (χ0) is 8.10. The summed E-state index contributed by atoms with van der Waals surface area (Å²) in [5.74, 6) is 0. The molecule has 11 heavy (non-hydrogen) atoms. The van der Waals surface area contributed by atoms with Crippen molar-refractivity contribution in [1.82, 2.24) is 10.6 Å². The highest BCUT2D eigenvalue weighted by Gasteiger charge is 2.13. The molecular weight excluding hydrogens is 148 g/mol. The summed E-state index contributed by atoms with van der Waals surface area (Å²) in [5.41, 5.74) is 0. The summed E-state index contributed by atoms with van der Waals surface area (Å²) in [6.45, 7) is 1.77. The van der Waals surface area contributed by atoms with Gasteiger partial charge in [0.1, 0.15) is 0 Å². The first kappa shape index (κ1) is 8.29. The maximum Gasteiger partial charge on any atom is 0.404 e. The van der Waals surface area contributed by atoms with Gasteiger partial charge in [-0.25, -0.2) is 4.79 Å². The molecule has 0 aliphatic carbocycles. The summed E-state index contributed by atoms with van der Waals surface area (Å²) in [7, 11) is 0. The van der Waals surface area contributed by atoms with Crippen molar-refractivity contribution in [2.45, 2.75) is 12.5 Å². The van der Waals surface area contributed by atoms with Crippen molar-refractivity contribution < 1.29 is 14.6 Å². The Morgan fingerprint density at radius 1 is 1.73 bits per heavy atom. The molecule has 0 spiro atoms. The van der Waals surface area contributed by atoms with E-state index in [-0.39, 0.29) is 6.04 Å². The quantitative estimate of drug-likeness (QED) is 0.487. The molecule has 1 fully saturated rings. The highest BCUT2D eigenvalue weighted by Crippen LogP contribution is 1.95. The Morgan fingerprint density at radius 2 is 2.55 bits per heavy atom. The Bertz CT molecular complexity index is 132. The lowest BCUT2D eigenvalue weighted by atomic mass is 10.2. The topological polar surface area (TPSA) is 70.6 Å². The third-order valence-corrected chi connectivity index (χ3v) is 1.52. The lowest BCUT2D eigenvalue weighted by Crippen LogP contribution is -2.37. The van der Waals surface area contributed by atoms with Crippen LogP contribution in [0.25, 0.3) is 0 Å². The molecule has 3 N–H and O–H groups in total. The van der Waals surface area contributed by atoms with Crippen molar-refractivity contribution in [1.29, 1.82) is 0 Å². The largest absolute Gasteiger partial charge is 0.465 e.